The van der Waals surface area contributed by atoms with E-state index in [1.54, 1.807) is 23.1 Å². The molecule has 0 saturated carbocycles. The molecule has 0 aliphatic carbocycles. The van der Waals surface area contributed by atoms with E-state index < -0.39 is 11.8 Å². The fraction of sp³-hybridized carbons (Fsp3) is 0.438. The number of fused-ring (bicyclic) bond motifs is 1. The zero-order valence-electron chi connectivity index (χ0n) is 13.3. The van der Waals surface area contributed by atoms with Gasteiger partial charge in [0.2, 0.25) is 5.91 Å². The van der Waals surface area contributed by atoms with Gasteiger partial charge >= 0.3 is 0 Å². The van der Waals surface area contributed by atoms with Crippen LogP contribution in [0.4, 0.5) is 0 Å². The first kappa shape index (κ1) is 18.9. The van der Waals surface area contributed by atoms with Crippen molar-refractivity contribution in [1.82, 2.24) is 15.1 Å². The summed E-state index contributed by atoms with van der Waals surface area (Å²) in [6, 6.07) is 5.10. The van der Waals surface area contributed by atoms with Crippen molar-refractivity contribution < 1.29 is 14.4 Å². The van der Waals surface area contributed by atoms with E-state index in [0.717, 1.165) is 28.8 Å². The molecule has 1 aromatic rings. The van der Waals surface area contributed by atoms with Gasteiger partial charge in [0.25, 0.3) is 11.8 Å². The van der Waals surface area contributed by atoms with E-state index in [1.807, 2.05) is 7.05 Å². The topological polar surface area (TPSA) is 69.7 Å². The van der Waals surface area contributed by atoms with Gasteiger partial charge in [0.1, 0.15) is 6.54 Å². The Balaban J connectivity index is 0.00000208. The van der Waals surface area contributed by atoms with Crippen LogP contribution in [-0.4, -0.2) is 60.2 Å². The van der Waals surface area contributed by atoms with E-state index in [4.69, 9.17) is 0 Å². The Morgan fingerprint density at radius 3 is 2.71 bits per heavy atom. The number of likely N-dealkylation sites (tertiary alicyclic amines) is 1. The molecule has 1 atom stereocenters. The molecule has 1 N–H and O–H groups in total. The quantitative estimate of drug-likeness (QED) is 0.758. The van der Waals surface area contributed by atoms with Gasteiger partial charge in [-0.2, -0.15) is 0 Å². The second kappa shape index (κ2) is 7.63. The second-order valence-corrected chi connectivity index (χ2v) is 6.74. The summed E-state index contributed by atoms with van der Waals surface area (Å²) in [7, 11) is 1.85. The van der Waals surface area contributed by atoms with Crippen molar-refractivity contribution in [3.05, 3.63) is 33.8 Å². The van der Waals surface area contributed by atoms with E-state index >= 15 is 0 Å². The molecule has 1 aromatic carbocycles. The van der Waals surface area contributed by atoms with Crippen molar-refractivity contribution in [3.8, 4) is 0 Å². The molecule has 1 fully saturated rings. The van der Waals surface area contributed by atoms with Gasteiger partial charge in [-0.1, -0.05) is 15.9 Å². The maximum Gasteiger partial charge on any atom is 0.262 e. The van der Waals surface area contributed by atoms with Gasteiger partial charge in [-0.3, -0.25) is 19.3 Å². The first-order valence-corrected chi connectivity index (χ1v) is 8.42. The van der Waals surface area contributed by atoms with Crippen LogP contribution in [0.1, 0.15) is 33.6 Å². The van der Waals surface area contributed by atoms with Gasteiger partial charge in [-0.15, -0.1) is 12.4 Å². The number of amides is 3. The molecular formula is C16H19BrClN3O3. The van der Waals surface area contributed by atoms with Crippen molar-refractivity contribution in [2.75, 3.05) is 26.7 Å². The van der Waals surface area contributed by atoms with Crippen LogP contribution in [0.15, 0.2) is 22.7 Å². The summed E-state index contributed by atoms with van der Waals surface area (Å²) < 4.78 is 0.735. The highest BCUT2D eigenvalue weighted by molar-refractivity contribution is 9.10. The zero-order valence-corrected chi connectivity index (χ0v) is 15.7. The molecule has 1 saturated heterocycles. The summed E-state index contributed by atoms with van der Waals surface area (Å²) in [6.07, 6.45) is 1.90. The summed E-state index contributed by atoms with van der Waals surface area (Å²) in [6.45, 7) is 1.21. The molecule has 2 aliphatic heterocycles. The smallest absolute Gasteiger partial charge is 0.262 e. The van der Waals surface area contributed by atoms with E-state index in [1.165, 1.54) is 0 Å². The molecule has 6 nitrogen and oxygen atoms in total. The van der Waals surface area contributed by atoms with Crippen LogP contribution in [0.5, 0.6) is 0 Å². The van der Waals surface area contributed by atoms with Crippen LogP contribution in [-0.2, 0) is 4.79 Å². The highest BCUT2D eigenvalue weighted by Crippen LogP contribution is 2.26. The predicted octanol–water partition coefficient (Wildman–Crippen LogP) is 1.68. The Morgan fingerprint density at radius 2 is 2.00 bits per heavy atom. The highest BCUT2D eigenvalue weighted by Gasteiger charge is 2.38. The zero-order chi connectivity index (χ0) is 16.6. The van der Waals surface area contributed by atoms with Gasteiger partial charge < -0.3 is 10.2 Å². The van der Waals surface area contributed by atoms with Gasteiger partial charge in [0.05, 0.1) is 11.1 Å². The molecule has 3 amide bonds. The summed E-state index contributed by atoms with van der Waals surface area (Å²) >= 11 is 3.30. The van der Waals surface area contributed by atoms with E-state index in [9.17, 15) is 14.4 Å². The number of nitrogens with one attached hydrogen (secondary N) is 1. The molecule has 1 unspecified atom stereocenters. The van der Waals surface area contributed by atoms with Crippen LogP contribution < -0.4 is 5.32 Å². The standard InChI is InChI=1S/C16H18BrN3O3.ClH/c1-18-8-11-3-2-6-19(11)14(21)9-20-15(22)12-5-4-10(17)7-13(12)16(20)23;/h4-5,7,11,18H,2-3,6,8-9H2,1H3;1H. The third kappa shape index (κ3) is 3.34. The molecule has 0 bridgehead atoms. The normalized spacial score (nSPS) is 19.5. The van der Waals surface area contributed by atoms with Gasteiger partial charge in [-0.05, 0) is 38.1 Å². The van der Waals surface area contributed by atoms with Crippen molar-refractivity contribution >= 4 is 46.1 Å². The predicted molar refractivity (Wildman–Crippen MR) is 95.4 cm³/mol. The average molecular weight is 417 g/mol. The number of carbonyl (C=O) groups is 3. The van der Waals surface area contributed by atoms with Crippen LogP contribution in [0.2, 0.25) is 0 Å². The number of hydrogen-bond donors (Lipinski definition) is 1. The Kier molecular flexibility index (Phi) is 6.01. The van der Waals surface area contributed by atoms with Crippen molar-refractivity contribution in [1.29, 1.82) is 0 Å². The molecule has 24 heavy (non-hydrogen) atoms. The number of hydrogen-bond acceptors (Lipinski definition) is 4. The number of nitrogens with zero attached hydrogens (tertiary/aromatic N) is 2. The largest absolute Gasteiger partial charge is 0.337 e. The first-order chi connectivity index (χ1) is 11.0. The Labute approximate surface area is 155 Å². The number of imide groups is 1. The lowest BCUT2D eigenvalue weighted by Gasteiger charge is -2.26. The minimum absolute atomic E-state index is 0. The Morgan fingerprint density at radius 1 is 1.29 bits per heavy atom. The van der Waals surface area contributed by atoms with Crippen LogP contribution in [0, 0.1) is 0 Å². The van der Waals surface area contributed by atoms with Gasteiger partial charge in [-0.25, -0.2) is 0 Å². The number of likely N-dealkylation sites (N-methyl/N-ethyl adjacent to an activating group) is 1. The minimum Gasteiger partial charge on any atom is -0.337 e. The van der Waals surface area contributed by atoms with Crippen LogP contribution >= 0.6 is 28.3 Å². The Hall–Kier alpha value is -1.44. The number of carbonyl (C=O) groups excluding carboxylic acids is 3. The minimum atomic E-state index is -0.399. The number of rotatable bonds is 4. The highest BCUT2D eigenvalue weighted by atomic mass is 79.9. The summed E-state index contributed by atoms with van der Waals surface area (Å²) in [5.41, 5.74) is 0.713. The lowest BCUT2D eigenvalue weighted by atomic mass is 10.1. The fourth-order valence-corrected chi connectivity index (χ4v) is 3.61. The van der Waals surface area contributed by atoms with Crippen molar-refractivity contribution in [2.45, 2.75) is 18.9 Å². The van der Waals surface area contributed by atoms with E-state index in [0.29, 0.717) is 17.7 Å². The average Bonchev–Trinajstić information content (AvgIpc) is 3.07. The SMILES string of the molecule is CNCC1CCCN1C(=O)CN1C(=O)c2ccc(Br)cc2C1=O.Cl. The fourth-order valence-electron chi connectivity index (χ4n) is 3.24. The molecule has 3 rings (SSSR count). The van der Waals surface area contributed by atoms with Crippen LogP contribution in [0.25, 0.3) is 0 Å². The maximum absolute atomic E-state index is 12.5. The third-order valence-electron chi connectivity index (χ3n) is 4.36. The number of benzene rings is 1. The monoisotopic (exact) mass is 415 g/mol. The molecule has 0 spiro atoms. The van der Waals surface area contributed by atoms with E-state index in [2.05, 4.69) is 21.2 Å². The van der Waals surface area contributed by atoms with Crippen molar-refractivity contribution in [2.24, 2.45) is 0 Å². The van der Waals surface area contributed by atoms with Crippen LogP contribution in [0.3, 0.4) is 0 Å². The lowest BCUT2D eigenvalue weighted by molar-refractivity contribution is -0.132. The van der Waals surface area contributed by atoms with Crippen molar-refractivity contribution in [3.63, 3.8) is 0 Å². The molecule has 0 radical (unpaired) electrons. The molecule has 0 aromatic heterocycles. The summed E-state index contributed by atoms with van der Waals surface area (Å²) in [4.78, 5) is 40.2. The molecular weight excluding hydrogens is 398 g/mol. The summed E-state index contributed by atoms with van der Waals surface area (Å²) in [5.74, 6) is -0.962. The first-order valence-electron chi connectivity index (χ1n) is 7.62. The van der Waals surface area contributed by atoms with Gasteiger partial charge in [0.15, 0.2) is 0 Å². The maximum atomic E-state index is 12.5. The molecule has 2 aliphatic rings. The molecule has 130 valence electrons. The van der Waals surface area contributed by atoms with Gasteiger partial charge in [0, 0.05) is 23.6 Å². The molecule has 8 heteroatoms. The van der Waals surface area contributed by atoms with E-state index in [-0.39, 0.29) is 30.9 Å². The lowest BCUT2D eigenvalue weighted by Crippen LogP contribution is -2.46. The summed E-state index contributed by atoms with van der Waals surface area (Å²) in [5, 5.41) is 3.08. The third-order valence-corrected chi connectivity index (χ3v) is 4.86. The number of halogens is 2. The molecule has 2 heterocycles. The second-order valence-electron chi connectivity index (χ2n) is 5.83. The Bertz CT molecular complexity index is 683.